The molecule has 88 valence electrons. The number of β-lactam (4-membered cyclic amide) rings is 1. The van der Waals surface area contributed by atoms with Gasteiger partial charge in [0.1, 0.15) is 0 Å². The van der Waals surface area contributed by atoms with Crippen molar-refractivity contribution in [3.63, 3.8) is 0 Å². The zero-order valence-corrected chi connectivity index (χ0v) is 9.97. The highest BCUT2D eigenvalue weighted by Gasteiger charge is 2.48. The quantitative estimate of drug-likeness (QED) is 0.640. The SMILES string of the molecule is C[C@@H](O)CC(C)(C)S(=O)(=O)[C@H]1CNC1=O. The molecule has 1 aliphatic rings. The molecular weight excluding hydrogens is 218 g/mol. The largest absolute Gasteiger partial charge is 0.393 e. The van der Waals surface area contributed by atoms with E-state index in [9.17, 15) is 18.3 Å². The van der Waals surface area contributed by atoms with E-state index in [2.05, 4.69) is 5.32 Å². The van der Waals surface area contributed by atoms with Crippen LogP contribution in [0.3, 0.4) is 0 Å². The van der Waals surface area contributed by atoms with Crippen molar-refractivity contribution in [2.24, 2.45) is 0 Å². The fourth-order valence-corrected chi connectivity index (χ4v) is 3.64. The molecule has 1 saturated heterocycles. The predicted molar refractivity (Wildman–Crippen MR) is 56.1 cm³/mol. The second kappa shape index (κ2) is 3.75. The van der Waals surface area contributed by atoms with Crippen molar-refractivity contribution in [1.29, 1.82) is 0 Å². The Balaban J connectivity index is 2.89. The van der Waals surface area contributed by atoms with Gasteiger partial charge in [-0.05, 0) is 27.2 Å². The first kappa shape index (κ1) is 12.4. The third kappa shape index (κ3) is 2.15. The number of carbonyl (C=O) groups is 1. The molecule has 1 aliphatic heterocycles. The zero-order valence-electron chi connectivity index (χ0n) is 9.15. The summed E-state index contributed by atoms with van der Waals surface area (Å²) >= 11 is 0. The molecule has 15 heavy (non-hydrogen) atoms. The van der Waals surface area contributed by atoms with Crippen molar-refractivity contribution in [3.8, 4) is 0 Å². The van der Waals surface area contributed by atoms with E-state index in [4.69, 9.17) is 0 Å². The molecule has 0 aromatic heterocycles. The lowest BCUT2D eigenvalue weighted by molar-refractivity contribution is -0.124. The first-order valence-corrected chi connectivity index (χ1v) is 6.42. The van der Waals surface area contributed by atoms with Crippen molar-refractivity contribution in [3.05, 3.63) is 0 Å². The van der Waals surface area contributed by atoms with Crippen LogP contribution in [-0.4, -0.2) is 42.1 Å². The van der Waals surface area contributed by atoms with Gasteiger partial charge in [0.05, 0.1) is 10.9 Å². The maximum atomic E-state index is 12.0. The van der Waals surface area contributed by atoms with Crippen LogP contribution < -0.4 is 5.32 Å². The third-order valence-electron chi connectivity index (χ3n) is 2.69. The fraction of sp³-hybridized carbons (Fsp3) is 0.889. The van der Waals surface area contributed by atoms with Crippen molar-refractivity contribution in [2.45, 2.75) is 43.3 Å². The summed E-state index contributed by atoms with van der Waals surface area (Å²) in [5.74, 6) is -0.436. The maximum absolute atomic E-state index is 12.0. The summed E-state index contributed by atoms with van der Waals surface area (Å²) in [5.41, 5.74) is 0. The first-order valence-electron chi connectivity index (χ1n) is 4.88. The lowest BCUT2D eigenvalue weighted by atomic mass is 10.1. The molecule has 5 nitrogen and oxygen atoms in total. The summed E-state index contributed by atoms with van der Waals surface area (Å²) in [5, 5.41) is 10.7. The second-order valence-electron chi connectivity index (χ2n) is 4.59. The number of rotatable bonds is 4. The number of hydrogen-bond donors (Lipinski definition) is 2. The topological polar surface area (TPSA) is 83.5 Å². The van der Waals surface area contributed by atoms with E-state index in [1.165, 1.54) is 6.92 Å². The molecule has 1 heterocycles. The summed E-state index contributed by atoms with van der Waals surface area (Å²) in [4.78, 5) is 11.1. The summed E-state index contributed by atoms with van der Waals surface area (Å²) in [6.07, 6.45) is -0.558. The molecule has 1 rings (SSSR count). The van der Waals surface area contributed by atoms with Crippen LogP contribution in [0.1, 0.15) is 27.2 Å². The van der Waals surface area contributed by atoms with Crippen LogP contribution in [-0.2, 0) is 14.6 Å². The highest BCUT2D eigenvalue weighted by molar-refractivity contribution is 7.94. The van der Waals surface area contributed by atoms with Gasteiger partial charge in [0.15, 0.2) is 15.1 Å². The van der Waals surface area contributed by atoms with Gasteiger partial charge in [-0.15, -0.1) is 0 Å². The van der Waals surface area contributed by atoms with Gasteiger partial charge in [-0.25, -0.2) is 8.42 Å². The lowest BCUT2D eigenvalue weighted by Gasteiger charge is -2.34. The molecule has 2 N–H and O–H groups in total. The van der Waals surface area contributed by atoms with Crippen molar-refractivity contribution >= 4 is 15.7 Å². The van der Waals surface area contributed by atoms with Crippen molar-refractivity contribution < 1.29 is 18.3 Å². The van der Waals surface area contributed by atoms with Crippen molar-refractivity contribution in [1.82, 2.24) is 5.32 Å². The monoisotopic (exact) mass is 235 g/mol. The van der Waals surface area contributed by atoms with Gasteiger partial charge in [0.25, 0.3) is 0 Å². The number of aliphatic hydroxyl groups excluding tert-OH is 1. The van der Waals surface area contributed by atoms with Crippen LogP contribution in [0, 0.1) is 0 Å². The number of nitrogens with one attached hydrogen (secondary N) is 1. The van der Waals surface area contributed by atoms with Crippen LogP contribution in [0.15, 0.2) is 0 Å². The molecule has 2 atom stereocenters. The Labute approximate surface area is 89.8 Å². The van der Waals surface area contributed by atoms with Gasteiger partial charge in [-0.1, -0.05) is 0 Å². The Morgan fingerprint density at radius 2 is 2.13 bits per heavy atom. The van der Waals surface area contributed by atoms with E-state index in [1.54, 1.807) is 13.8 Å². The van der Waals surface area contributed by atoms with Crippen LogP contribution in [0.4, 0.5) is 0 Å². The molecule has 0 saturated carbocycles. The second-order valence-corrected chi connectivity index (χ2v) is 7.36. The molecule has 1 fully saturated rings. The standard InChI is InChI=1S/C9H17NO4S/c1-6(11)4-9(2,3)15(13,14)7-5-10-8(7)12/h6-7,11H,4-5H2,1-3H3,(H,10,12)/t6-,7+/m1/s1. The molecular formula is C9H17NO4S. The predicted octanol–water partition coefficient (Wildman–Crippen LogP) is -0.551. The highest BCUT2D eigenvalue weighted by atomic mass is 32.2. The molecule has 0 aromatic rings. The number of amides is 1. The van der Waals surface area contributed by atoms with Gasteiger partial charge in [-0.2, -0.15) is 0 Å². The first-order chi connectivity index (χ1) is 6.68. The highest BCUT2D eigenvalue weighted by Crippen LogP contribution is 2.28. The number of carbonyl (C=O) groups excluding carboxylic acids is 1. The Morgan fingerprint density at radius 3 is 2.40 bits per heavy atom. The molecule has 1 amide bonds. The van der Waals surface area contributed by atoms with Crippen LogP contribution in [0.25, 0.3) is 0 Å². The average molecular weight is 235 g/mol. The molecule has 0 unspecified atom stereocenters. The Kier molecular flexibility index (Phi) is 3.11. The molecule has 0 spiro atoms. The van der Waals surface area contributed by atoms with Gasteiger partial charge in [-0.3, -0.25) is 4.79 Å². The maximum Gasteiger partial charge on any atom is 0.240 e. The van der Waals surface area contributed by atoms with E-state index < -0.39 is 31.8 Å². The van der Waals surface area contributed by atoms with E-state index >= 15 is 0 Å². The van der Waals surface area contributed by atoms with E-state index in [0.29, 0.717) is 0 Å². The van der Waals surface area contributed by atoms with Crippen molar-refractivity contribution in [2.75, 3.05) is 6.54 Å². The minimum absolute atomic E-state index is 0.138. The van der Waals surface area contributed by atoms with E-state index in [1.807, 2.05) is 0 Å². The fourth-order valence-electron chi connectivity index (χ4n) is 1.73. The number of aliphatic hydroxyl groups is 1. The lowest BCUT2D eigenvalue weighted by Crippen LogP contribution is -2.61. The summed E-state index contributed by atoms with van der Waals surface area (Å²) in [6, 6.07) is 0. The number of hydrogen-bond acceptors (Lipinski definition) is 4. The molecule has 0 aromatic carbocycles. The van der Waals surface area contributed by atoms with Gasteiger partial charge in [0.2, 0.25) is 5.91 Å². The minimum atomic E-state index is -3.52. The van der Waals surface area contributed by atoms with E-state index in [0.717, 1.165) is 0 Å². The molecule has 6 heteroatoms. The van der Waals surface area contributed by atoms with Crippen LogP contribution in [0.2, 0.25) is 0 Å². The molecule has 0 bridgehead atoms. The average Bonchev–Trinajstić information content (AvgIpc) is 1.97. The van der Waals surface area contributed by atoms with Crippen LogP contribution >= 0.6 is 0 Å². The van der Waals surface area contributed by atoms with Gasteiger partial charge in [0, 0.05) is 6.54 Å². The zero-order chi connectivity index (χ0) is 11.9. The van der Waals surface area contributed by atoms with E-state index in [-0.39, 0.29) is 13.0 Å². The summed E-state index contributed by atoms with van der Waals surface area (Å²) < 4.78 is 23.0. The van der Waals surface area contributed by atoms with Crippen LogP contribution in [0.5, 0.6) is 0 Å². The normalized spacial score (nSPS) is 24.3. The van der Waals surface area contributed by atoms with Gasteiger partial charge >= 0.3 is 0 Å². The summed E-state index contributed by atoms with van der Waals surface area (Å²) in [7, 11) is -3.52. The molecule has 0 aliphatic carbocycles. The number of sulfone groups is 1. The Hall–Kier alpha value is -0.620. The minimum Gasteiger partial charge on any atom is -0.393 e. The molecule has 0 radical (unpaired) electrons. The van der Waals surface area contributed by atoms with Gasteiger partial charge < -0.3 is 10.4 Å². The smallest absolute Gasteiger partial charge is 0.240 e. The Morgan fingerprint density at radius 1 is 1.60 bits per heavy atom. The Bertz CT molecular complexity index is 358. The third-order valence-corrected chi connectivity index (χ3v) is 5.52. The summed E-state index contributed by atoms with van der Waals surface area (Å²) in [6.45, 7) is 4.81.